The molecule has 0 radical (unpaired) electrons. The molecule has 0 bridgehead atoms. The first-order valence-electron chi connectivity index (χ1n) is 6.84. The van der Waals surface area contributed by atoms with Gasteiger partial charge in [0.05, 0.1) is 0 Å². The van der Waals surface area contributed by atoms with Crippen LogP contribution in [0.1, 0.15) is 37.0 Å². The van der Waals surface area contributed by atoms with E-state index in [2.05, 4.69) is 47.0 Å². The summed E-state index contributed by atoms with van der Waals surface area (Å²) in [6.07, 6.45) is 2.05. The molecule has 0 heterocycles. The van der Waals surface area contributed by atoms with E-state index in [1.165, 1.54) is 0 Å². The van der Waals surface area contributed by atoms with Crippen molar-refractivity contribution in [3.63, 3.8) is 0 Å². The lowest BCUT2D eigenvalue weighted by atomic mass is 10.2. The Kier molecular flexibility index (Phi) is 7.56. The zero-order valence-electron chi connectivity index (χ0n) is 12.2. The standard InChI is InChI=1S/C15H22BrClN2O/c1-11(2)19(3)7-5-4-6-18-15(20)12-8-13(16)10-14(17)9-12/h8-11H,4-7H2,1-3H3,(H,18,20). The number of unbranched alkanes of at least 4 members (excludes halogenated alkanes) is 1. The Morgan fingerprint density at radius 2 is 2.05 bits per heavy atom. The Hall–Kier alpha value is -0.580. The third-order valence-corrected chi connectivity index (χ3v) is 3.91. The quantitative estimate of drug-likeness (QED) is 0.746. The Labute approximate surface area is 134 Å². The predicted octanol–water partition coefficient (Wildman–Crippen LogP) is 3.95. The van der Waals surface area contributed by atoms with E-state index in [-0.39, 0.29) is 5.91 Å². The summed E-state index contributed by atoms with van der Waals surface area (Å²) in [5.41, 5.74) is 0.587. The van der Waals surface area contributed by atoms with Crippen LogP contribution in [0.4, 0.5) is 0 Å². The number of amides is 1. The number of rotatable bonds is 7. The monoisotopic (exact) mass is 360 g/mol. The van der Waals surface area contributed by atoms with Crippen molar-refractivity contribution in [1.29, 1.82) is 0 Å². The van der Waals surface area contributed by atoms with Crippen LogP contribution in [0, 0.1) is 0 Å². The van der Waals surface area contributed by atoms with Gasteiger partial charge >= 0.3 is 0 Å². The topological polar surface area (TPSA) is 32.3 Å². The summed E-state index contributed by atoms with van der Waals surface area (Å²) in [5, 5.41) is 3.48. The number of halogens is 2. The van der Waals surface area contributed by atoms with Crippen LogP contribution < -0.4 is 5.32 Å². The first-order chi connectivity index (χ1) is 9.40. The second kappa shape index (κ2) is 8.65. The van der Waals surface area contributed by atoms with E-state index in [0.29, 0.717) is 23.2 Å². The molecule has 0 unspecified atom stereocenters. The minimum atomic E-state index is -0.0783. The molecule has 5 heteroatoms. The van der Waals surface area contributed by atoms with Crippen LogP contribution in [0.25, 0.3) is 0 Å². The fourth-order valence-corrected chi connectivity index (χ4v) is 2.59. The number of benzene rings is 1. The van der Waals surface area contributed by atoms with E-state index in [4.69, 9.17) is 11.6 Å². The number of carbonyl (C=O) groups is 1. The maximum Gasteiger partial charge on any atom is 0.251 e. The van der Waals surface area contributed by atoms with E-state index in [1.807, 2.05) is 0 Å². The average Bonchev–Trinajstić information content (AvgIpc) is 2.36. The van der Waals surface area contributed by atoms with Crippen molar-refractivity contribution in [2.75, 3.05) is 20.1 Å². The van der Waals surface area contributed by atoms with Crippen LogP contribution in [0.15, 0.2) is 22.7 Å². The lowest BCUT2D eigenvalue weighted by Gasteiger charge is -2.20. The molecule has 0 aromatic heterocycles. The van der Waals surface area contributed by atoms with Crippen LogP contribution >= 0.6 is 27.5 Å². The highest BCUT2D eigenvalue weighted by atomic mass is 79.9. The van der Waals surface area contributed by atoms with Gasteiger partial charge in [0, 0.05) is 27.6 Å². The van der Waals surface area contributed by atoms with Gasteiger partial charge < -0.3 is 10.2 Å². The van der Waals surface area contributed by atoms with Gasteiger partial charge in [-0.15, -0.1) is 0 Å². The van der Waals surface area contributed by atoms with Crippen LogP contribution in [0.5, 0.6) is 0 Å². The largest absolute Gasteiger partial charge is 0.352 e. The number of hydrogen-bond acceptors (Lipinski definition) is 2. The van der Waals surface area contributed by atoms with Gasteiger partial charge in [-0.25, -0.2) is 0 Å². The van der Waals surface area contributed by atoms with Crippen molar-refractivity contribution in [3.8, 4) is 0 Å². The van der Waals surface area contributed by atoms with E-state index in [0.717, 1.165) is 23.9 Å². The summed E-state index contributed by atoms with van der Waals surface area (Å²) in [6.45, 7) is 6.10. The van der Waals surface area contributed by atoms with Gasteiger partial charge in [0.15, 0.2) is 0 Å². The summed E-state index contributed by atoms with van der Waals surface area (Å²) in [6, 6.07) is 5.77. The highest BCUT2D eigenvalue weighted by molar-refractivity contribution is 9.10. The fraction of sp³-hybridized carbons (Fsp3) is 0.533. The molecule has 1 rings (SSSR count). The summed E-state index contributed by atoms with van der Waals surface area (Å²) < 4.78 is 0.814. The number of nitrogens with zero attached hydrogens (tertiary/aromatic N) is 1. The zero-order valence-corrected chi connectivity index (χ0v) is 14.6. The van der Waals surface area contributed by atoms with Gasteiger partial charge in [-0.1, -0.05) is 27.5 Å². The molecule has 1 amide bonds. The van der Waals surface area contributed by atoms with Crippen LogP contribution in [-0.4, -0.2) is 37.0 Å². The van der Waals surface area contributed by atoms with Gasteiger partial charge in [0.2, 0.25) is 0 Å². The van der Waals surface area contributed by atoms with E-state index < -0.39 is 0 Å². The van der Waals surface area contributed by atoms with E-state index in [1.54, 1.807) is 18.2 Å². The Balaban J connectivity index is 2.30. The normalized spacial score (nSPS) is 11.2. The summed E-state index contributed by atoms with van der Waals surface area (Å²) in [5.74, 6) is -0.0783. The molecule has 1 N–H and O–H groups in total. The molecule has 0 aliphatic heterocycles. The van der Waals surface area contributed by atoms with Crippen LogP contribution in [0.3, 0.4) is 0 Å². The molecule has 0 aliphatic carbocycles. The zero-order chi connectivity index (χ0) is 15.1. The Morgan fingerprint density at radius 3 is 2.65 bits per heavy atom. The molecule has 20 heavy (non-hydrogen) atoms. The molecule has 1 aromatic carbocycles. The maximum atomic E-state index is 12.0. The lowest BCUT2D eigenvalue weighted by molar-refractivity contribution is 0.0952. The predicted molar refractivity (Wildman–Crippen MR) is 88.5 cm³/mol. The number of nitrogens with one attached hydrogen (secondary N) is 1. The molecule has 0 aliphatic rings. The summed E-state index contributed by atoms with van der Waals surface area (Å²) in [7, 11) is 2.12. The van der Waals surface area contributed by atoms with Crippen molar-refractivity contribution in [3.05, 3.63) is 33.3 Å². The van der Waals surface area contributed by atoms with Crippen molar-refractivity contribution < 1.29 is 4.79 Å². The Morgan fingerprint density at radius 1 is 1.35 bits per heavy atom. The van der Waals surface area contributed by atoms with Crippen molar-refractivity contribution in [2.24, 2.45) is 0 Å². The first-order valence-corrected chi connectivity index (χ1v) is 8.01. The van der Waals surface area contributed by atoms with Gasteiger partial charge in [-0.2, -0.15) is 0 Å². The minimum Gasteiger partial charge on any atom is -0.352 e. The third kappa shape index (κ3) is 6.25. The molecule has 112 valence electrons. The third-order valence-electron chi connectivity index (χ3n) is 3.23. The average molecular weight is 362 g/mol. The van der Waals surface area contributed by atoms with Gasteiger partial charge in [0.25, 0.3) is 5.91 Å². The summed E-state index contributed by atoms with van der Waals surface area (Å²) >= 11 is 9.26. The van der Waals surface area contributed by atoms with Crippen LogP contribution in [0.2, 0.25) is 5.02 Å². The van der Waals surface area contributed by atoms with Crippen molar-refractivity contribution in [2.45, 2.75) is 32.7 Å². The molecule has 0 saturated heterocycles. The van der Waals surface area contributed by atoms with Gasteiger partial charge in [-0.3, -0.25) is 4.79 Å². The molecule has 0 atom stereocenters. The van der Waals surface area contributed by atoms with E-state index >= 15 is 0 Å². The molecule has 1 aromatic rings. The molecule has 0 spiro atoms. The van der Waals surface area contributed by atoms with Gasteiger partial charge in [0.1, 0.15) is 0 Å². The van der Waals surface area contributed by atoms with Crippen molar-refractivity contribution >= 4 is 33.4 Å². The lowest BCUT2D eigenvalue weighted by Crippen LogP contribution is -2.29. The van der Waals surface area contributed by atoms with Crippen LogP contribution in [-0.2, 0) is 0 Å². The number of hydrogen-bond donors (Lipinski definition) is 1. The molecule has 0 saturated carbocycles. The second-order valence-corrected chi connectivity index (χ2v) is 6.55. The first kappa shape index (κ1) is 17.5. The fourth-order valence-electron chi connectivity index (χ4n) is 1.73. The second-order valence-electron chi connectivity index (χ2n) is 5.20. The highest BCUT2D eigenvalue weighted by Gasteiger charge is 2.07. The summed E-state index contributed by atoms with van der Waals surface area (Å²) in [4.78, 5) is 14.3. The Bertz CT molecular complexity index is 431. The van der Waals surface area contributed by atoms with Gasteiger partial charge in [-0.05, 0) is 58.5 Å². The molecular formula is C15H22BrClN2O. The van der Waals surface area contributed by atoms with E-state index in [9.17, 15) is 4.79 Å². The SMILES string of the molecule is CC(C)N(C)CCCCNC(=O)c1cc(Cl)cc(Br)c1. The maximum absolute atomic E-state index is 12.0. The minimum absolute atomic E-state index is 0.0783. The smallest absolute Gasteiger partial charge is 0.251 e. The number of carbonyl (C=O) groups excluding carboxylic acids is 1. The van der Waals surface area contributed by atoms with Crippen molar-refractivity contribution in [1.82, 2.24) is 10.2 Å². The molecular weight excluding hydrogens is 340 g/mol. The molecule has 3 nitrogen and oxygen atoms in total. The molecule has 0 fully saturated rings. The highest BCUT2D eigenvalue weighted by Crippen LogP contribution is 2.19.